The molecule has 0 saturated carbocycles. The summed E-state index contributed by atoms with van der Waals surface area (Å²) in [5.41, 5.74) is 13.6. The molecule has 0 bridgehead atoms. The molecular formula is C21H17F2N5OS. The highest BCUT2D eigenvalue weighted by Gasteiger charge is 2.21. The standard InChI is InChI=1S/C21H17F2N5OS/c1-2-16-17(18-19(24)26-10-27-20(18)30-16)11-3-6-13(7-4-11)28(21(25)29)15-8-5-12(22)9-14(15)23/h3-10H,2H2,1H3,(H2,25,29)(H2,24,26,27). The zero-order valence-corrected chi connectivity index (χ0v) is 16.7. The summed E-state index contributed by atoms with van der Waals surface area (Å²) in [5.74, 6) is -1.24. The van der Waals surface area contributed by atoms with Crippen LogP contribution in [0.5, 0.6) is 0 Å². The molecule has 30 heavy (non-hydrogen) atoms. The lowest BCUT2D eigenvalue weighted by Crippen LogP contribution is -2.32. The molecule has 0 aliphatic carbocycles. The molecule has 2 aromatic heterocycles. The summed E-state index contributed by atoms with van der Waals surface area (Å²) in [7, 11) is 0. The van der Waals surface area contributed by atoms with Crippen molar-refractivity contribution in [1.82, 2.24) is 9.97 Å². The summed E-state index contributed by atoms with van der Waals surface area (Å²) >= 11 is 1.55. The Kier molecular flexibility index (Phi) is 5.04. The quantitative estimate of drug-likeness (QED) is 0.481. The Hall–Kier alpha value is -3.59. The number of aryl methyl sites for hydroxylation is 1. The van der Waals surface area contributed by atoms with Gasteiger partial charge in [0, 0.05) is 16.5 Å². The Bertz CT molecular complexity index is 1260. The van der Waals surface area contributed by atoms with E-state index >= 15 is 0 Å². The maximum Gasteiger partial charge on any atom is 0.323 e. The lowest BCUT2D eigenvalue weighted by atomic mass is 10.0. The highest BCUT2D eigenvalue weighted by atomic mass is 32.1. The van der Waals surface area contributed by atoms with Gasteiger partial charge in [-0.15, -0.1) is 11.3 Å². The van der Waals surface area contributed by atoms with E-state index < -0.39 is 17.7 Å². The Morgan fingerprint density at radius 1 is 1.13 bits per heavy atom. The summed E-state index contributed by atoms with van der Waals surface area (Å²) < 4.78 is 27.5. The van der Waals surface area contributed by atoms with E-state index in [4.69, 9.17) is 11.5 Å². The third kappa shape index (κ3) is 3.33. The van der Waals surface area contributed by atoms with Gasteiger partial charge in [-0.25, -0.2) is 23.5 Å². The molecule has 0 aliphatic heterocycles. The lowest BCUT2D eigenvalue weighted by Gasteiger charge is -2.21. The number of nitrogens with zero attached hydrogens (tertiary/aromatic N) is 3. The number of aromatic nitrogens is 2. The van der Waals surface area contributed by atoms with Crippen LogP contribution in [0.15, 0.2) is 48.8 Å². The van der Waals surface area contributed by atoms with Crippen molar-refractivity contribution in [1.29, 1.82) is 0 Å². The number of urea groups is 1. The first-order chi connectivity index (χ1) is 14.4. The molecule has 2 heterocycles. The molecule has 6 nitrogen and oxygen atoms in total. The average molecular weight is 425 g/mol. The fourth-order valence-electron chi connectivity index (χ4n) is 3.38. The van der Waals surface area contributed by atoms with Gasteiger partial charge in [-0.3, -0.25) is 4.90 Å². The number of halogens is 2. The Labute approximate surface area is 174 Å². The van der Waals surface area contributed by atoms with Crippen molar-refractivity contribution < 1.29 is 13.6 Å². The summed E-state index contributed by atoms with van der Waals surface area (Å²) in [6.45, 7) is 2.04. The molecule has 0 unspecified atom stereocenters. The van der Waals surface area contributed by atoms with Crippen molar-refractivity contribution in [3.63, 3.8) is 0 Å². The molecule has 0 spiro atoms. The van der Waals surface area contributed by atoms with Crippen LogP contribution in [-0.4, -0.2) is 16.0 Å². The Morgan fingerprint density at radius 3 is 2.50 bits per heavy atom. The van der Waals surface area contributed by atoms with Crippen LogP contribution in [0.1, 0.15) is 11.8 Å². The van der Waals surface area contributed by atoms with Gasteiger partial charge in [0.05, 0.1) is 16.8 Å². The van der Waals surface area contributed by atoms with Gasteiger partial charge in [-0.05, 0) is 36.2 Å². The molecule has 4 N–H and O–H groups in total. The van der Waals surface area contributed by atoms with Crippen molar-refractivity contribution in [2.75, 3.05) is 10.6 Å². The van der Waals surface area contributed by atoms with Gasteiger partial charge in [0.1, 0.15) is 28.6 Å². The van der Waals surface area contributed by atoms with Gasteiger partial charge in [0.25, 0.3) is 0 Å². The van der Waals surface area contributed by atoms with Crippen LogP contribution in [0, 0.1) is 11.6 Å². The highest BCUT2D eigenvalue weighted by molar-refractivity contribution is 7.19. The number of hydrogen-bond donors (Lipinski definition) is 2. The predicted molar refractivity (Wildman–Crippen MR) is 115 cm³/mol. The van der Waals surface area contributed by atoms with E-state index in [9.17, 15) is 13.6 Å². The number of rotatable bonds is 4. The van der Waals surface area contributed by atoms with Crippen molar-refractivity contribution in [3.8, 4) is 11.1 Å². The molecule has 0 aliphatic rings. The Balaban J connectivity index is 1.81. The molecule has 2 amide bonds. The van der Waals surface area contributed by atoms with Gasteiger partial charge in [0.15, 0.2) is 0 Å². The summed E-state index contributed by atoms with van der Waals surface area (Å²) in [5, 5.41) is 0.781. The smallest absolute Gasteiger partial charge is 0.323 e. The van der Waals surface area contributed by atoms with Gasteiger partial charge >= 0.3 is 6.03 Å². The molecule has 9 heteroatoms. The number of thiophene rings is 1. The number of primary amides is 1. The number of nitrogen functional groups attached to an aromatic ring is 1. The maximum absolute atomic E-state index is 14.3. The molecule has 4 rings (SSSR count). The fourth-order valence-corrected chi connectivity index (χ4v) is 4.49. The number of benzene rings is 2. The van der Waals surface area contributed by atoms with Crippen LogP contribution in [-0.2, 0) is 6.42 Å². The topological polar surface area (TPSA) is 98.1 Å². The van der Waals surface area contributed by atoms with E-state index in [2.05, 4.69) is 9.97 Å². The first-order valence-electron chi connectivity index (χ1n) is 9.07. The van der Waals surface area contributed by atoms with Crippen molar-refractivity contribution in [3.05, 3.63) is 65.3 Å². The Morgan fingerprint density at radius 2 is 1.87 bits per heavy atom. The lowest BCUT2D eigenvalue weighted by molar-refractivity contribution is 0.256. The minimum Gasteiger partial charge on any atom is -0.383 e. The number of nitrogens with two attached hydrogens (primary N) is 2. The number of amides is 2. The SMILES string of the molecule is CCc1sc2ncnc(N)c2c1-c1ccc(N(C(N)=O)c2ccc(F)cc2F)cc1. The predicted octanol–water partition coefficient (Wildman–Crippen LogP) is 5.00. The van der Waals surface area contributed by atoms with E-state index in [1.807, 2.05) is 6.92 Å². The van der Waals surface area contributed by atoms with Gasteiger partial charge < -0.3 is 11.5 Å². The molecule has 0 saturated heterocycles. The first-order valence-corrected chi connectivity index (χ1v) is 9.89. The summed E-state index contributed by atoms with van der Waals surface area (Å²) in [6.07, 6.45) is 2.22. The second kappa shape index (κ2) is 7.68. The van der Waals surface area contributed by atoms with Gasteiger partial charge in [-0.2, -0.15) is 0 Å². The van der Waals surface area contributed by atoms with Crippen LogP contribution in [0.2, 0.25) is 0 Å². The second-order valence-electron chi connectivity index (χ2n) is 6.51. The first kappa shape index (κ1) is 19.7. The van der Waals surface area contributed by atoms with Crippen LogP contribution < -0.4 is 16.4 Å². The summed E-state index contributed by atoms with van der Waals surface area (Å²) in [6, 6.07) is 8.92. The number of fused-ring (bicyclic) bond motifs is 1. The van der Waals surface area contributed by atoms with Gasteiger partial charge in [-0.1, -0.05) is 19.1 Å². The molecule has 0 atom stereocenters. The van der Waals surface area contributed by atoms with Crippen LogP contribution in [0.4, 0.5) is 30.8 Å². The third-order valence-corrected chi connectivity index (χ3v) is 5.94. The molecule has 0 radical (unpaired) electrons. The average Bonchev–Trinajstić information content (AvgIpc) is 3.10. The molecule has 2 aromatic carbocycles. The zero-order valence-electron chi connectivity index (χ0n) is 15.9. The normalized spacial score (nSPS) is 11.0. The highest BCUT2D eigenvalue weighted by Crippen LogP contribution is 2.41. The summed E-state index contributed by atoms with van der Waals surface area (Å²) in [4.78, 5) is 23.3. The maximum atomic E-state index is 14.3. The minimum absolute atomic E-state index is 0.135. The number of hydrogen-bond acceptors (Lipinski definition) is 5. The molecular weight excluding hydrogens is 408 g/mol. The number of anilines is 3. The van der Waals surface area contributed by atoms with E-state index in [1.54, 1.807) is 35.6 Å². The van der Waals surface area contributed by atoms with Crippen molar-refractivity contribution in [2.45, 2.75) is 13.3 Å². The van der Waals surface area contributed by atoms with Crippen molar-refractivity contribution in [2.24, 2.45) is 5.73 Å². The van der Waals surface area contributed by atoms with Crippen molar-refractivity contribution >= 4 is 44.8 Å². The van der Waals surface area contributed by atoms with Crippen LogP contribution in [0.3, 0.4) is 0 Å². The van der Waals surface area contributed by atoms with E-state index in [0.29, 0.717) is 17.6 Å². The molecule has 0 fully saturated rings. The fraction of sp³-hybridized carbons (Fsp3) is 0.0952. The van der Waals surface area contributed by atoms with Crippen LogP contribution >= 0.6 is 11.3 Å². The van der Waals surface area contributed by atoms with E-state index in [1.165, 1.54) is 12.4 Å². The largest absolute Gasteiger partial charge is 0.383 e. The number of carbonyl (C=O) groups is 1. The van der Waals surface area contributed by atoms with Crippen LogP contribution in [0.25, 0.3) is 21.3 Å². The molecule has 4 aromatic rings. The number of carbonyl (C=O) groups excluding carboxylic acids is 1. The zero-order chi connectivity index (χ0) is 21.4. The monoisotopic (exact) mass is 425 g/mol. The molecule has 152 valence electrons. The minimum atomic E-state index is -0.889. The van der Waals surface area contributed by atoms with E-state index in [-0.39, 0.29) is 5.69 Å². The second-order valence-corrected chi connectivity index (χ2v) is 7.59. The van der Waals surface area contributed by atoms with Gasteiger partial charge in [0.2, 0.25) is 0 Å². The van der Waals surface area contributed by atoms with E-state index in [0.717, 1.165) is 43.6 Å². The third-order valence-electron chi connectivity index (χ3n) is 4.70.